The summed E-state index contributed by atoms with van der Waals surface area (Å²) >= 11 is 5.77. The minimum atomic E-state index is -0.388. The lowest BCUT2D eigenvalue weighted by molar-refractivity contribution is -0.122. The molecule has 0 saturated carbocycles. The molecule has 5 nitrogen and oxygen atoms in total. The van der Waals surface area contributed by atoms with Crippen molar-refractivity contribution in [1.29, 1.82) is 0 Å². The molecule has 2 heterocycles. The standard InChI is InChI=1S/C17H16ClN3O2/c1-11-2-5-14(6-3-11)21-10-12(8-16(21)22)17(23)20-15-7-4-13(18)9-19-15/h2-7,9,12H,8,10H2,1H3,(H,19,20,23)/t12-/m1/s1. The van der Waals surface area contributed by atoms with Crippen LogP contribution in [0.2, 0.25) is 5.02 Å². The lowest BCUT2D eigenvalue weighted by atomic mass is 10.1. The Hall–Kier alpha value is -2.40. The number of nitrogens with one attached hydrogen (secondary N) is 1. The van der Waals surface area contributed by atoms with E-state index in [4.69, 9.17) is 11.6 Å². The molecular formula is C17H16ClN3O2. The first-order chi connectivity index (χ1) is 11.0. The van der Waals surface area contributed by atoms with Crippen LogP contribution in [-0.2, 0) is 9.59 Å². The lowest BCUT2D eigenvalue weighted by Gasteiger charge is -2.16. The molecular weight excluding hydrogens is 314 g/mol. The van der Waals surface area contributed by atoms with E-state index in [-0.39, 0.29) is 24.2 Å². The molecule has 0 bridgehead atoms. The Balaban J connectivity index is 1.68. The number of aryl methyl sites for hydroxylation is 1. The first-order valence-electron chi connectivity index (χ1n) is 7.32. The normalized spacial score (nSPS) is 17.4. The Kier molecular flexibility index (Phi) is 4.30. The molecule has 1 aromatic carbocycles. The molecule has 0 radical (unpaired) electrons. The number of hydrogen-bond donors (Lipinski definition) is 1. The molecule has 1 saturated heterocycles. The van der Waals surface area contributed by atoms with Gasteiger partial charge in [0.05, 0.1) is 10.9 Å². The van der Waals surface area contributed by atoms with Gasteiger partial charge in [-0.25, -0.2) is 4.98 Å². The van der Waals surface area contributed by atoms with Crippen molar-refractivity contribution in [3.63, 3.8) is 0 Å². The fourth-order valence-electron chi connectivity index (χ4n) is 2.54. The highest BCUT2D eigenvalue weighted by Gasteiger charge is 2.35. The SMILES string of the molecule is Cc1ccc(N2C[C@H](C(=O)Nc3ccc(Cl)cn3)CC2=O)cc1. The van der Waals surface area contributed by atoms with E-state index in [1.54, 1.807) is 17.0 Å². The number of nitrogens with zero attached hydrogens (tertiary/aromatic N) is 2. The van der Waals surface area contributed by atoms with Gasteiger partial charge < -0.3 is 10.2 Å². The van der Waals surface area contributed by atoms with Crippen molar-refractivity contribution >= 4 is 34.9 Å². The van der Waals surface area contributed by atoms with E-state index in [1.807, 2.05) is 31.2 Å². The number of aromatic nitrogens is 1. The van der Waals surface area contributed by atoms with Crippen LogP contribution < -0.4 is 10.2 Å². The van der Waals surface area contributed by atoms with Crippen molar-refractivity contribution in [2.45, 2.75) is 13.3 Å². The van der Waals surface area contributed by atoms with Gasteiger partial charge in [-0.15, -0.1) is 0 Å². The largest absolute Gasteiger partial charge is 0.312 e. The maximum absolute atomic E-state index is 12.3. The van der Waals surface area contributed by atoms with Crippen LogP contribution in [0.15, 0.2) is 42.6 Å². The van der Waals surface area contributed by atoms with E-state index in [2.05, 4.69) is 10.3 Å². The van der Waals surface area contributed by atoms with Crippen LogP contribution >= 0.6 is 11.6 Å². The minimum absolute atomic E-state index is 0.0435. The van der Waals surface area contributed by atoms with Crippen molar-refractivity contribution in [3.8, 4) is 0 Å². The predicted molar refractivity (Wildman–Crippen MR) is 89.5 cm³/mol. The second kappa shape index (κ2) is 6.38. The summed E-state index contributed by atoms with van der Waals surface area (Å²) in [6, 6.07) is 11.0. The molecule has 6 heteroatoms. The van der Waals surface area contributed by atoms with Gasteiger partial charge in [0.1, 0.15) is 5.82 Å². The van der Waals surface area contributed by atoms with Gasteiger partial charge in [0.25, 0.3) is 0 Å². The van der Waals surface area contributed by atoms with Crippen LogP contribution in [-0.4, -0.2) is 23.3 Å². The quantitative estimate of drug-likeness (QED) is 0.941. The molecule has 1 atom stereocenters. The highest BCUT2D eigenvalue weighted by molar-refractivity contribution is 6.30. The Morgan fingerprint density at radius 1 is 1.26 bits per heavy atom. The summed E-state index contributed by atoms with van der Waals surface area (Å²) in [6.07, 6.45) is 1.67. The van der Waals surface area contributed by atoms with Crippen LogP contribution in [0.3, 0.4) is 0 Å². The molecule has 0 aliphatic carbocycles. The summed E-state index contributed by atoms with van der Waals surface area (Å²) < 4.78 is 0. The number of rotatable bonds is 3. The first kappa shape index (κ1) is 15.5. The van der Waals surface area contributed by atoms with Crippen LogP contribution in [0.25, 0.3) is 0 Å². The second-order valence-corrected chi connectivity index (χ2v) is 6.03. The summed E-state index contributed by atoms with van der Waals surface area (Å²) in [5.74, 6) is -0.206. The molecule has 2 aromatic rings. The first-order valence-corrected chi connectivity index (χ1v) is 7.70. The van der Waals surface area contributed by atoms with Crippen LogP contribution in [0.5, 0.6) is 0 Å². The maximum Gasteiger partial charge on any atom is 0.230 e. The molecule has 2 amide bonds. The second-order valence-electron chi connectivity index (χ2n) is 5.59. The van der Waals surface area contributed by atoms with Crippen molar-refractivity contribution in [3.05, 3.63) is 53.2 Å². The maximum atomic E-state index is 12.3. The number of carbonyl (C=O) groups is 2. The third-order valence-corrected chi connectivity index (χ3v) is 4.04. The molecule has 0 spiro atoms. The van der Waals surface area contributed by atoms with E-state index in [9.17, 15) is 9.59 Å². The average molecular weight is 330 g/mol. The fraction of sp³-hybridized carbons (Fsp3) is 0.235. The molecule has 118 valence electrons. The van der Waals surface area contributed by atoms with E-state index in [0.29, 0.717) is 17.4 Å². The summed E-state index contributed by atoms with van der Waals surface area (Å²) in [5.41, 5.74) is 1.95. The van der Waals surface area contributed by atoms with E-state index < -0.39 is 0 Å². The monoisotopic (exact) mass is 329 g/mol. The van der Waals surface area contributed by atoms with E-state index >= 15 is 0 Å². The highest BCUT2D eigenvalue weighted by Crippen LogP contribution is 2.26. The van der Waals surface area contributed by atoms with E-state index in [0.717, 1.165) is 11.3 Å². The van der Waals surface area contributed by atoms with Crippen molar-refractivity contribution < 1.29 is 9.59 Å². The Morgan fingerprint density at radius 3 is 2.65 bits per heavy atom. The number of benzene rings is 1. The Morgan fingerprint density at radius 2 is 2.00 bits per heavy atom. The number of amides is 2. The number of anilines is 2. The summed E-state index contributed by atoms with van der Waals surface area (Å²) in [5, 5.41) is 3.23. The summed E-state index contributed by atoms with van der Waals surface area (Å²) in [6.45, 7) is 2.37. The van der Waals surface area contributed by atoms with Crippen LogP contribution in [0.1, 0.15) is 12.0 Å². The molecule has 23 heavy (non-hydrogen) atoms. The Bertz CT molecular complexity index is 729. The molecule has 1 N–H and O–H groups in total. The van der Waals surface area contributed by atoms with Gasteiger partial charge in [0.15, 0.2) is 0 Å². The van der Waals surface area contributed by atoms with Gasteiger partial charge >= 0.3 is 0 Å². The zero-order valence-corrected chi connectivity index (χ0v) is 13.4. The molecule has 0 unspecified atom stereocenters. The zero-order valence-electron chi connectivity index (χ0n) is 12.6. The minimum Gasteiger partial charge on any atom is -0.312 e. The fourth-order valence-corrected chi connectivity index (χ4v) is 2.65. The van der Waals surface area contributed by atoms with Crippen LogP contribution in [0, 0.1) is 12.8 Å². The third kappa shape index (κ3) is 3.51. The van der Waals surface area contributed by atoms with Crippen molar-refractivity contribution in [1.82, 2.24) is 4.98 Å². The van der Waals surface area contributed by atoms with Gasteiger partial charge in [-0.1, -0.05) is 29.3 Å². The highest BCUT2D eigenvalue weighted by atomic mass is 35.5. The number of hydrogen-bond acceptors (Lipinski definition) is 3. The molecule has 1 aliphatic rings. The third-order valence-electron chi connectivity index (χ3n) is 3.82. The van der Waals surface area contributed by atoms with Crippen molar-refractivity contribution in [2.75, 3.05) is 16.8 Å². The smallest absolute Gasteiger partial charge is 0.230 e. The number of pyridine rings is 1. The summed E-state index contributed by atoms with van der Waals surface area (Å²) in [7, 11) is 0. The van der Waals surface area contributed by atoms with Crippen molar-refractivity contribution in [2.24, 2.45) is 5.92 Å². The van der Waals surface area contributed by atoms with Gasteiger partial charge in [-0.05, 0) is 31.2 Å². The lowest BCUT2D eigenvalue weighted by Crippen LogP contribution is -2.28. The number of halogens is 1. The van der Waals surface area contributed by atoms with Gasteiger partial charge in [0, 0.05) is 24.8 Å². The topological polar surface area (TPSA) is 62.3 Å². The number of carbonyl (C=O) groups excluding carboxylic acids is 2. The van der Waals surface area contributed by atoms with Gasteiger partial charge in [-0.2, -0.15) is 0 Å². The van der Waals surface area contributed by atoms with Crippen LogP contribution in [0.4, 0.5) is 11.5 Å². The molecule has 1 fully saturated rings. The Labute approximate surface area is 139 Å². The van der Waals surface area contributed by atoms with Gasteiger partial charge in [-0.3, -0.25) is 9.59 Å². The molecule has 3 rings (SSSR count). The van der Waals surface area contributed by atoms with E-state index in [1.165, 1.54) is 6.20 Å². The molecule has 1 aliphatic heterocycles. The average Bonchev–Trinajstić information content (AvgIpc) is 2.92. The summed E-state index contributed by atoms with van der Waals surface area (Å²) in [4.78, 5) is 30.2. The predicted octanol–water partition coefficient (Wildman–Crippen LogP) is 3.04. The molecule has 1 aromatic heterocycles. The zero-order chi connectivity index (χ0) is 16.4. The van der Waals surface area contributed by atoms with Gasteiger partial charge in [0.2, 0.25) is 11.8 Å².